The van der Waals surface area contributed by atoms with Crippen molar-refractivity contribution in [1.29, 1.82) is 0 Å². The van der Waals surface area contributed by atoms with Crippen molar-refractivity contribution in [2.75, 3.05) is 0 Å². The second-order valence-corrected chi connectivity index (χ2v) is 6.49. The molecule has 0 radical (unpaired) electrons. The van der Waals surface area contributed by atoms with Gasteiger partial charge >= 0.3 is 0 Å². The summed E-state index contributed by atoms with van der Waals surface area (Å²) in [6, 6.07) is 4.16. The fourth-order valence-corrected chi connectivity index (χ4v) is 2.81. The molecule has 0 aliphatic heterocycles. The zero-order valence-corrected chi connectivity index (χ0v) is 13.8. The quantitative estimate of drug-likeness (QED) is 0.847. The van der Waals surface area contributed by atoms with E-state index in [-0.39, 0.29) is 5.82 Å². The summed E-state index contributed by atoms with van der Waals surface area (Å²) in [7, 11) is 0. The number of rotatable bonds is 3. The van der Waals surface area contributed by atoms with Crippen molar-refractivity contribution in [3.05, 3.63) is 51.5 Å². The highest BCUT2D eigenvalue weighted by Crippen LogP contribution is 2.30. The van der Waals surface area contributed by atoms with Gasteiger partial charge in [-0.25, -0.2) is 4.39 Å². The van der Waals surface area contributed by atoms with E-state index in [2.05, 4.69) is 32.9 Å². The SMILES string of the molecule is Cc1nn(CC2CC2)cc1C#CC(O)c1ccc(F)cc1Br. The molecule has 0 amide bonds. The molecule has 0 spiro atoms. The summed E-state index contributed by atoms with van der Waals surface area (Å²) < 4.78 is 15.5. The van der Waals surface area contributed by atoms with Crippen LogP contribution in [0.3, 0.4) is 0 Å². The highest BCUT2D eigenvalue weighted by atomic mass is 79.9. The van der Waals surface area contributed by atoms with Gasteiger partial charge in [-0.1, -0.05) is 33.8 Å². The third-order valence-corrected chi connectivity index (χ3v) is 4.38. The van der Waals surface area contributed by atoms with Gasteiger partial charge in [0, 0.05) is 22.8 Å². The second kappa shape index (κ2) is 6.23. The number of hydrogen-bond donors (Lipinski definition) is 1. The van der Waals surface area contributed by atoms with Gasteiger partial charge in [0.1, 0.15) is 11.9 Å². The predicted molar refractivity (Wildman–Crippen MR) is 85.6 cm³/mol. The Bertz CT molecular complexity index is 756. The number of aliphatic hydroxyl groups excluding tert-OH is 1. The number of aromatic nitrogens is 2. The monoisotopic (exact) mass is 362 g/mol. The van der Waals surface area contributed by atoms with Crippen LogP contribution in [0.25, 0.3) is 0 Å². The van der Waals surface area contributed by atoms with E-state index < -0.39 is 6.10 Å². The van der Waals surface area contributed by atoms with Crippen molar-refractivity contribution in [2.45, 2.75) is 32.4 Å². The van der Waals surface area contributed by atoms with Gasteiger partial charge in [-0.15, -0.1) is 0 Å². The zero-order chi connectivity index (χ0) is 15.7. The lowest BCUT2D eigenvalue weighted by atomic mass is 10.1. The van der Waals surface area contributed by atoms with Crippen molar-refractivity contribution in [3.63, 3.8) is 0 Å². The molecule has 22 heavy (non-hydrogen) atoms. The Hall–Kier alpha value is -1.64. The minimum absolute atomic E-state index is 0.354. The number of nitrogens with zero attached hydrogens (tertiary/aromatic N) is 2. The smallest absolute Gasteiger partial charge is 0.141 e. The van der Waals surface area contributed by atoms with Crippen molar-refractivity contribution in [2.24, 2.45) is 5.92 Å². The Kier molecular flexibility index (Phi) is 4.32. The van der Waals surface area contributed by atoms with E-state index in [0.29, 0.717) is 10.0 Å². The third kappa shape index (κ3) is 3.57. The molecule has 1 saturated carbocycles. The van der Waals surface area contributed by atoms with Crippen LogP contribution in [0.2, 0.25) is 0 Å². The van der Waals surface area contributed by atoms with Crippen LogP contribution in [0.5, 0.6) is 0 Å². The summed E-state index contributed by atoms with van der Waals surface area (Å²) in [6.45, 7) is 2.85. The molecule has 1 aromatic carbocycles. The normalized spacial score (nSPS) is 15.3. The minimum atomic E-state index is -0.971. The van der Waals surface area contributed by atoms with Crippen molar-refractivity contribution >= 4 is 15.9 Å². The summed E-state index contributed by atoms with van der Waals surface area (Å²) in [4.78, 5) is 0. The Balaban J connectivity index is 1.77. The Morgan fingerprint density at radius 3 is 2.95 bits per heavy atom. The summed E-state index contributed by atoms with van der Waals surface area (Å²) in [5.41, 5.74) is 2.23. The largest absolute Gasteiger partial charge is 0.376 e. The van der Waals surface area contributed by atoms with Crippen molar-refractivity contribution in [1.82, 2.24) is 9.78 Å². The maximum Gasteiger partial charge on any atom is 0.141 e. The zero-order valence-electron chi connectivity index (χ0n) is 12.2. The van der Waals surface area contributed by atoms with E-state index >= 15 is 0 Å². The van der Waals surface area contributed by atoms with Crippen LogP contribution in [-0.2, 0) is 6.54 Å². The summed E-state index contributed by atoms with van der Waals surface area (Å²) >= 11 is 3.24. The second-order valence-electron chi connectivity index (χ2n) is 5.63. The first-order valence-corrected chi connectivity index (χ1v) is 8.01. The lowest BCUT2D eigenvalue weighted by Crippen LogP contribution is -1.99. The van der Waals surface area contributed by atoms with Gasteiger partial charge in [-0.3, -0.25) is 4.68 Å². The van der Waals surface area contributed by atoms with Gasteiger partial charge < -0.3 is 5.11 Å². The molecule has 1 N–H and O–H groups in total. The molecule has 0 saturated heterocycles. The van der Waals surface area contributed by atoms with Gasteiger partial charge in [-0.2, -0.15) is 5.10 Å². The number of halogens is 2. The summed E-state index contributed by atoms with van der Waals surface area (Å²) in [5.74, 6) is 6.16. The van der Waals surface area contributed by atoms with E-state index in [1.54, 1.807) is 0 Å². The number of aliphatic hydroxyl groups is 1. The Morgan fingerprint density at radius 1 is 1.50 bits per heavy atom. The molecule has 1 aliphatic rings. The molecule has 5 heteroatoms. The molecule has 2 aromatic rings. The van der Waals surface area contributed by atoms with Gasteiger partial charge in [0.15, 0.2) is 0 Å². The topological polar surface area (TPSA) is 38.0 Å². The van der Waals surface area contributed by atoms with E-state index in [1.165, 1.54) is 31.0 Å². The molecular formula is C17H16BrFN2O. The molecule has 1 atom stereocenters. The van der Waals surface area contributed by atoms with Crippen LogP contribution in [0.4, 0.5) is 4.39 Å². The van der Waals surface area contributed by atoms with Crippen molar-refractivity contribution in [3.8, 4) is 11.8 Å². The predicted octanol–water partition coefficient (Wildman–Crippen LogP) is 3.59. The fourth-order valence-electron chi connectivity index (χ4n) is 2.25. The first-order valence-electron chi connectivity index (χ1n) is 7.21. The van der Waals surface area contributed by atoms with Crippen LogP contribution in [0.15, 0.2) is 28.9 Å². The van der Waals surface area contributed by atoms with E-state index in [9.17, 15) is 9.50 Å². The molecule has 1 aliphatic carbocycles. The van der Waals surface area contributed by atoms with Crippen LogP contribution in [0, 0.1) is 30.5 Å². The number of benzene rings is 1. The molecule has 1 heterocycles. The summed E-state index contributed by atoms with van der Waals surface area (Å²) in [6.07, 6.45) is 3.50. The van der Waals surface area contributed by atoms with Gasteiger partial charge in [0.25, 0.3) is 0 Å². The maximum absolute atomic E-state index is 13.1. The average Bonchev–Trinajstić information content (AvgIpc) is 3.19. The highest BCUT2D eigenvalue weighted by Gasteiger charge is 2.22. The van der Waals surface area contributed by atoms with Crippen LogP contribution < -0.4 is 0 Å². The molecule has 0 bridgehead atoms. The number of hydrogen-bond acceptors (Lipinski definition) is 2. The molecule has 1 fully saturated rings. The fraction of sp³-hybridized carbons (Fsp3) is 0.353. The molecule has 114 valence electrons. The first-order chi connectivity index (χ1) is 10.5. The van der Waals surface area contributed by atoms with E-state index in [0.717, 1.165) is 23.7 Å². The highest BCUT2D eigenvalue weighted by molar-refractivity contribution is 9.10. The lowest BCUT2D eigenvalue weighted by Gasteiger charge is -2.06. The Labute approximate surface area is 137 Å². The minimum Gasteiger partial charge on any atom is -0.376 e. The van der Waals surface area contributed by atoms with Crippen LogP contribution >= 0.6 is 15.9 Å². The van der Waals surface area contributed by atoms with Crippen LogP contribution in [0.1, 0.15) is 35.8 Å². The third-order valence-electron chi connectivity index (χ3n) is 3.69. The Morgan fingerprint density at radius 2 is 2.27 bits per heavy atom. The van der Waals surface area contributed by atoms with Gasteiger partial charge in [-0.05, 0) is 37.8 Å². The van der Waals surface area contributed by atoms with Gasteiger partial charge in [0.05, 0.1) is 11.3 Å². The molecular weight excluding hydrogens is 347 g/mol. The molecule has 1 unspecified atom stereocenters. The maximum atomic E-state index is 13.1. The van der Waals surface area contributed by atoms with Gasteiger partial charge in [0.2, 0.25) is 0 Å². The lowest BCUT2D eigenvalue weighted by molar-refractivity contribution is 0.237. The molecule has 1 aromatic heterocycles. The molecule has 3 rings (SSSR count). The van der Waals surface area contributed by atoms with Crippen molar-refractivity contribution < 1.29 is 9.50 Å². The standard InChI is InChI=1S/C17H16BrFN2O/c1-11-13(10-21(20-11)9-12-2-3-12)4-7-17(22)15-6-5-14(19)8-16(15)18/h5-6,8,10,12,17,22H,2-3,9H2,1H3. The first kappa shape index (κ1) is 15.3. The molecule has 3 nitrogen and oxygen atoms in total. The average molecular weight is 363 g/mol. The van der Waals surface area contributed by atoms with E-state index in [1.807, 2.05) is 17.8 Å². The van der Waals surface area contributed by atoms with E-state index in [4.69, 9.17) is 0 Å². The van der Waals surface area contributed by atoms with Crippen LogP contribution in [-0.4, -0.2) is 14.9 Å². The summed E-state index contributed by atoms with van der Waals surface area (Å²) in [5, 5.41) is 14.6. The number of aryl methyl sites for hydroxylation is 1.